The van der Waals surface area contributed by atoms with Crippen LogP contribution in [0.25, 0.3) is 0 Å². The number of aromatic hydroxyl groups is 1. The van der Waals surface area contributed by atoms with Gasteiger partial charge in [-0.25, -0.2) is 9.59 Å². The van der Waals surface area contributed by atoms with Crippen molar-refractivity contribution in [1.82, 2.24) is 10.6 Å². The summed E-state index contributed by atoms with van der Waals surface area (Å²) in [5.41, 5.74) is -0.0301. The average molecular weight is 365 g/mol. The second-order valence-corrected chi connectivity index (χ2v) is 5.34. The fraction of sp³-hybridized carbons (Fsp3) is 0.375. The first-order valence-corrected chi connectivity index (χ1v) is 7.86. The molecule has 1 heterocycles. The number of benzene rings is 1. The van der Waals surface area contributed by atoms with Crippen molar-refractivity contribution in [2.24, 2.45) is 0 Å². The van der Waals surface area contributed by atoms with Crippen molar-refractivity contribution in [3.05, 3.63) is 39.1 Å². The Kier molecular flexibility index (Phi) is 5.65. The van der Waals surface area contributed by atoms with E-state index in [4.69, 9.17) is 9.47 Å². The van der Waals surface area contributed by atoms with E-state index < -0.39 is 28.7 Å². The summed E-state index contributed by atoms with van der Waals surface area (Å²) in [6, 6.07) is 0.396. The van der Waals surface area contributed by atoms with Crippen LogP contribution in [0.15, 0.2) is 23.4 Å². The number of rotatable bonds is 6. The highest BCUT2D eigenvalue weighted by Crippen LogP contribution is 2.41. The number of ether oxygens (including phenoxy) is 2. The number of methoxy groups -OCH3 is 1. The van der Waals surface area contributed by atoms with Gasteiger partial charge in [-0.1, -0.05) is 6.92 Å². The van der Waals surface area contributed by atoms with Gasteiger partial charge < -0.3 is 25.2 Å². The van der Waals surface area contributed by atoms with E-state index in [9.17, 15) is 24.8 Å². The Hall–Kier alpha value is -3.30. The quantitative estimate of drug-likeness (QED) is 0.397. The molecular formula is C16H19N3O7. The van der Waals surface area contributed by atoms with Gasteiger partial charge in [-0.3, -0.25) is 10.1 Å². The van der Waals surface area contributed by atoms with Crippen molar-refractivity contribution in [3.63, 3.8) is 0 Å². The number of carbonyl (C=O) groups excluding carboxylic acids is 2. The number of nitrogens with one attached hydrogen (secondary N) is 2. The van der Waals surface area contributed by atoms with Crippen LogP contribution in [0, 0.1) is 10.1 Å². The topological polar surface area (TPSA) is 140 Å². The molecule has 140 valence electrons. The highest BCUT2D eigenvalue weighted by Gasteiger charge is 2.36. The molecule has 0 saturated heterocycles. The first kappa shape index (κ1) is 19.0. The third-order valence-electron chi connectivity index (χ3n) is 3.83. The third kappa shape index (κ3) is 3.53. The Morgan fingerprint density at radius 3 is 2.62 bits per heavy atom. The van der Waals surface area contributed by atoms with Crippen LogP contribution in [0.1, 0.15) is 31.9 Å². The molecule has 0 aromatic heterocycles. The normalized spacial score (nSPS) is 16.6. The van der Waals surface area contributed by atoms with Gasteiger partial charge in [0.1, 0.15) is 0 Å². The van der Waals surface area contributed by atoms with Crippen LogP contribution in [0.3, 0.4) is 0 Å². The van der Waals surface area contributed by atoms with Gasteiger partial charge in [-0.15, -0.1) is 0 Å². The lowest BCUT2D eigenvalue weighted by Gasteiger charge is -2.29. The maximum absolute atomic E-state index is 12.4. The van der Waals surface area contributed by atoms with Crippen molar-refractivity contribution in [2.45, 2.75) is 26.3 Å². The molecular weight excluding hydrogens is 346 g/mol. The Morgan fingerprint density at radius 1 is 1.38 bits per heavy atom. The van der Waals surface area contributed by atoms with Crippen molar-refractivity contribution >= 4 is 17.7 Å². The van der Waals surface area contributed by atoms with Gasteiger partial charge in [0, 0.05) is 17.3 Å². The zero-order valence-corrected chi connectivity index (χ0v) is 14.5. The fourth-order valence-corrected chi connectivity index (χ4v) is 2.68. The van der Waals surface area contributed by atoms with Gasteiger partial charge in [0.2, 0.25) is 0 Å². The summed E-state index contributed by atoms with van der Waals surface area (Å²) >= 11 is 0. The number of allylic oxidation sites excluding steroid dienone is 1. The SMILES string of the molecule is CCOC(=O)C1=C(CC)NC(=O)NC1c1cc([N+](=O)[O-])cc(OC)c1O. The molecule has 0 radical (unpaired) electrons. The van der Waals surface area contributed by atoms with E-state index in [0.717, 1.165) is 12.1 Å². The van der Waals surface area contributed by atoms with E-state index in [-0.39, 0.29) is 29.2 Å². The second-order valence-electron chi connectivity index (χ2n) is 5.34. The van der Waals surface area contributed by atoms with Crippen LogP contribution >= 0.6 is 0 Å². The van der Waals surface area contributed by atoms with E-state index in [1.54, 1.807) is 13.8 Å². The zero-order valence-electron chi connectivity index (χ0n) is 14.5. The molecule has 0 bridgehead atoms. The molecule has 10 heteroatoms. The number of esters is 1. The fourth-order valence-electron chi connectivity index (χ4n) is 2.68. The van der Waals surface area contributed by atoms with Gasteiger partial charge in [-0.2, -0.15) is 0 Å². The van der Waals surface area contributed by atoms with Crippen LogP contribution in [0.5, 0.6) is 11.5 Å². The number of hydrogen-bond acceptors (Lipinski definition) is 7. The molecule has 2 amide bonds. The van der Waals surface area contributed by atoms with Crippen LogP contribution in [0.2, 0.25) is 0 Å². The van der Waals surface area contributed by atoms with E-state index in [1.165, 1.54) is 7.11 Å². The summed E-state index contributed by atoms with van der Waals surface area (Å²) in [4.78, 5) is 34.9. The Bertz CT molecular complexity index is 788. The molecule has 0 saturated carbocycles. The molecule has 0 fully saturated rings. The first-order valence-electron chi connectivity index (χ1n) is 7.86. The zero-order chi connectivity index (χ0) is 19.4. The summed E-state index contributed by atoms with van der Waals surface area (Å²) in [5.74, 6) is -1.27. The monoisotopic (exact) mass is 365 g/mol. The molecule has 26 heavy (non-hydrogen) atoms. The molecule has 1 unspecified atom stereocenters. The predicted octanol–water partition coefficient (Wildman–Crippen LogP) is 1.89. The van der Waals surface area contributed by atoms with Crippen LogP contribution < -0.4 is 15.4 Å². The van der Waals surface area contributed by atoms with Gasteiger partial charge >= 0.3 is 12.0 Å². The van der Waals surface area contributed by atoms with Crippen molar-refractivity contribution in [2.75, 3.05) is 13.7 Å². The molecule has 2 rings (SSSR count). The molecule has 1 aromatic rings. The number of nitro groups is 1. The summed E-state index contributed by atoms with van der Waals surface area (Å²) < 4.78 is 10.0. The number of non-ortho nitro benzene ring substituents is 1. The van der Waals surface area contributed by atoms with E-state index in [2.05, 4.69) is 10.6 Å². The number of nitro benzene ring substituents is 1. The van der Waals surface area contributed by atoms with E-state index in [0.29, 0.717) is 12.1 Å². The van der Waals surface area contributed by atoms with Gasteiger partial charge in [0.15, 0.2) is 11.5 Å². The Balaban J connectivity index is 2.70. The van der Waals surface area contributed by atoms with Crippen molar-refractivity contribution < 1.29 is 29.1 Å². The molecule has 0 aliphatic carbocycles. The predicted molar refractivity (Wildman–Crippen MR) is 89.7 cm³/mol. The lowest BCUT2D eigenvalue weighted by atomic mass is 9.93. The number of urea groups is 1. The van der Waals surface area contributed by atoms with Crippen LogP contribution in [0.4, 0.5) is 10.5 Å². The lowest BCUT2D eigenvalue weighted by molar-refractivity contribution is -0.385. The van der Waals surface area contributed by atoms with Crippen molar-refractivity contribution in [3.8, 4) is 11.5 Å². The summed E-state index contributed by atoms with van der Waals surface area (Å²) in [5, 5.41) is 26.6. The standard InChI is InChI=1S/C16H19N3O7/c1-4-10-12(15(21)26-5-2)13(18-16(22)17-10)9-6-8(19(23)24)7-11(25-3)14(9)20/h6-7,13,20H,4-5H2,1-3H3,(H2,17,18,22). The van der Waals surface area contributed by atoms with Crippen LogP contribution in [-0.4, -0.2) is 35.7 Å². The highest BCUT2D eigenvalue weighted by molar-refractivity contribution is 5.95. The number of nitrogens with zero attached hydrogens (tertiary/aromatic N) is 1. The first-order chi connectivity index (χ1) is 12.3. The molecule has 10 nitrogen and oxygen atoms in total. The molecule has 1 aromatic carbocycles. The summed E-state index contributed by atoms with van der Waals surface area (Å²) in [7, 11) is 1.24. The van der Waals surface area contributed by atoms with Gasteiger partial charge in [0.05, 0.1) is 36.3 Å². The number of carbonyl (C=O) groups is 2. The largest absolute Gasteiger partial charge is 0.504 e. The summed E-state index contributed by atoms with van der Waals surface area (Å²) in [6.07, 6.45) is 0.310. The average Bonchev–Trinajstić information content (AvgIpc) is 2.60. The maximum Gasteiger partial charge on any atom is 0.338 e. The number of amides is 2. The van der Waals surface area contributed by atoms with Crippen molar-refractivity contribution in [1.29, 1.82) is 0 Å². The van der Waals surface area contributed by atoms with E-state index in [1.807, 2.05) is 0 Å². The molecule has 3 N–H and O–H groups in total. The number of hydrogen-bond donors (Lipinski definition) is 3. The molecule has 0 spiro atoms. The van der Waals surface area contributed by atoms with Crippen LogP contribution in [-0.2, 0) is 9.53 Å². The Morgan fingerprint density at radius 2 is 2.08 bits per heavy atom. The second kappa shape index (κ2) is 7.72. The van der Waals surface area contributed by atoms with Gasteiger partial charge in [0.25, 0.3) is 5.69 Å². The minimum atomic E-state index is -1.13. The third-order valence-corrected chi connectivity index (χ3v) is 3.83. The minimum Gasteiger partial charge on any atom is -0.504 e. The minimum absolute atomic E-state index is 0.0418. The molecule has 1 atom stereocenters. The smallest absolute Gasteiger partial charge is 0.338 e. The van der Waals surface area contributed by atoms with E-state index >= 15 is 0 Å². The number of phenols is 1. The maximum atomic E-state index is 12.4. The number of phenolic OH excluding ortho intramolecular Hbond substituents is 1. The summed E-state index contributed by atoms with van der Waals surface area (Å²) in [6.45, 7) is 3.46. The lowest BCUT2D eigenvalue weighted by Crippen LogP contribution is -2.45. The molecule has 1 aliphatic heterocycles. The molecule has 1 aliphatic rings. The highest BCUT2D eigenvalue weighted by atomic mass is 16.6. The Labute approximate surface area is 148 Å². The van der Waals surface area contributed by atoms with Gasteiger partial charge in [-0.05, 0) is 13.3 Å².